The second-order valence-corrected chi connectivity index (χ2v) is 37.2. The van der Waals surface area contributed by atoms with Crippen molar-refractivity contribution in [2.24, 2.45) is 21.7 Å². The summed E-state index contributed by atoms with van der Waals surface area (Å²) in [6, 6.07) is 54.3. The number of anilines is 2. The number of hydrogen-bond acceptors (Lipinski definition) is 8. The van der Waals surface area contributed by atoms with Gasteiger partial charge in [-0.2, -0.15) is 0 Å². The zero-order valence-electron chi connectivity index (χ0n) is 65.2. The largest absolute Gasteiger partial charge is 0.457 e. The van der Waals surface area contributed by atoms with Gasteiger partial charge in [-0.1, -0.05) is 222 Å². The number of aryl methyl sites for hydroxylation is 2. The topological polar surface area (TPSA) is 112 Å². The summed E-state index contributed by atoms with van der Waals surface area (Å²) in [6.07, 6.45) is 3.66. The van der Waals surface area contributed by atoms with Crippen LogP contribution in [0.25, 0.3) is 43.1 Å². The smallest absolute Gasteiger partial charge is 0.266 e. The summed E-state index contributed by atoms with van der Waals surface area (Å²) in [5.74, 6) is 0.649. The van der Waals surface area contributed by atoms with Gasteiger partial charge in [0.25, 0.3) is 23.6 Å². The standard InChI is InChI=1S/C94H102N2O8/c1-55-23-35-61(36-24-55)95-83(97)67-47-71(101-63-39-27-57(28-40-63)91(15,16)51-87(3,4)5)77-79-73(103-65-43-31-59(32-44-65)93(19,20)53-89(9,10)11)49-69-76-70(86(100)96(85(69)99)62-37-25-56(2)26-38-62)50-74(104-66-45-33-60(34-46-66)94(21,22)54-90(12,13)14)80(82(76)79)78-72(48-68(84(95)98)75(67)81(77)78)102-64-41-29-58(30-42-64)92(17,18)52-88(6,7)8/h23-50H,51-54H2,1-22H3. The predicted octanol–water partition coefficient (Wildman–Crippen LogP) is 26.0. The molecule has 0 saturated carbocycles. The Morgan fingerprint density at radius 2 is 0.442 bits per heavy atom. The van der Waals surface area contributed by atoms with Gasteiger partial charge in [0.2, 0.25) is 0 Å². The Morgan fingerprint density at radius 3 is 0.625 bits per heavy atom. The number of hydrogen-bond donors (Lipinski definition) is 0. The number of carbonyl (C=O) groups excluding carboxylic acids is 4. The minimum atomic E-state index is -0.560. The molecule has 0 unspecified atom stereocenters. The lowest BCUT2D eigenvalue weighted by molar-refractivity contribution is 0.0877. The quantitative estimate of drug-likeness (QED) is 0.0474. The lowest BCUT2D eigenvalue weighted by atomic mass is 9.72. The highest BCUT2D eigenvalue weighted by Crippen LogP contribution is 2.59. The molecule has 536 valence electrons. The summed E-state index contributed by atoms with van der Waals surface area (Å²) >= 11 is 0. The maximum Gasteiger partial charge on any atom is 0.266 e. The average Bonchev–Trinajstić information content (AvgIpc) is 0.670. The number of rotatable bonds is 18. The highest BCUT2D eigenvalue weighted by molar-refractivity contribution is 6.48. The van der Waals surface area contributed by atoms with E-state index < -0.39 is 23.6 Å². The van der Waals surface area contributed by atoms with Crippen LogP contribution in [0, 0.1) is 35.5 Å². The number of fused-ring (bicyclic) bond motifs is 2. The van der Waals surface area contributed by atoms with E-state index in [1.54, 1.807) is 48.5 Å². The van der Waals surface area contributed by atoms with Gasteiger partial charge in [-0.25, -0.2) is 9.80 Å². The molecule has 4 amide bonds. The molecule has 10 heteroatoms. The first kappa shape index (κ1) is 72.5. The van der Waals surface area contributed by atoms with Crippen LogP contribution in [0.4, 0.5) is 11.4 Å². The predicted molar refractivity (Wildman–Crippen MR) is 427 cm³/mol. The monoisotopic (exact) mass is 1390 g/mol. The van der Waals surface area contributed by atoms with Crippen molar-refractivity contribution in [1.82, 2.24) is 0 Å². The summed E-state index contributed by atoms with van der Waals surface area (Å²) < 4.78 is 29.9. The maximum absolute atomic E-state index is 16.1. The zero-order chi connectivity index (χ0) is 75.1. The Kier molecular flexibility index (Phi) is 17.8. The van der Waals surface area contributed by atoms with Crippen LogP contribution in [0.2, 0.25) is 0 Å². The van der Waals surface area contributed by atoms with Gasteiger partial charge in [0.15, 0.2) is 0 Å². The molecule has 0 saturated heterocycles. The molecule has 11 aromatic rings. The Balaban J connectivity index is 1.20. The zero-order valence-corrected chi connectivity index (χ0v) is 65.2. The molecule has 11 aromatic carbocycles. The van der Waals surface area contributed by atoms with E-state index >= 15 is 19.2 Å². The van der Waals surface area contributed by atoms with Crippen LogP contribution in [0.5, 0.6) is 46.0 Å². The molecule has 0 radical (unpaired) electrons. The number of imide groups is 2. The van der Waals surface area contributed by atoms with Crippen LogP contribution in [0.3, 0.4) is 0 Å². The Morgan fingerprint density at radius 1 is 0.250 bits per heavy atom. The normalized spacial score (nSPS) is 14.2. The minimum Gasteiger partial charge on any atom is -0.457 e. The lowest BCUT2D eigenvalue weighted by Gasteiger charge is -2.33. The molecular formula is C94H102N2O8. The maximum atomic E-state index is 16.1. The Bertz CT molecular complexity index is 4610. The SMILES string of the molecule is Cc1ccc(N2C(=O)c3cc(Oc4ccc(C(C)(C)CC(C)(C)C)cc4)c4c5c(Oc6ccc(C(C)(C)CC(C)(C)C)cc6)cc6c7c(cc(Oc8ccc(C(C)(C)CC(C)(C)C)cc8)c(c8c(Oc9ccc(C(C)(C)CC(C)(C)C)cc9)cc(c3c48)C2=O)c75)C(=O)N(c2ccc(C)cc2)C6=O)cc1. The fraction of sp³-hybridized carbons (Fsp3) is 0.362. The third-order valence-corrected chi connectivity index (χ3v) is 20.8. The lowest BCUT2D eigenvalue weighted by Crippen LogP contribution is -2.40. The molecule has 13 rings (SSSR count). The van der Waals surface area contributed by atoms with Crippen molar-refractivity contribution in [3.63, 3.8) is 0 Å². The fourth-order valence-corrected chi connectivity index (χ4v) is 17.8. The second kappa shape index (κ2) is 25.5. The number of ether oxygens (including phenoxy) is 4. The van der Waals surface area contributed by atoms with Crippen LogP contribution in [-0.2, 0) is 21.7 Å². The molecule has 0 atom stereocenters. The Labute approximate surface area is 615 Å². The van der Waals surface area contributed by atoms with Crippen molar-refractivity contribution in [1.29, 1.82) is 0 Å². The highest BCUT2D eigenvalue weighted by atomic mass is 16.5. The first-order valence-electron chi connectivity index (χ1n) is 36.9. The van der Waals surface area contributed by atoms with Gasteiger partial charge in [0, 0.05) is 43.1 Å². The van der Waals surface area contributed by atoms with E-state index in [1.807, 2.05) is 86.6 Å². The molecule has 0 bridgehead atoms. The average molecular weight is 1390 g/mol. The van der Waals surface area contributed by atoms with Crippen molar-refractivity contribution in [3.8, 4) is 46.0 Å². The third kappa shape index (κ3) is 14.0. The van der Waals surface area contributed by atoms with Crippen LogP contribution in [0.15, 0.2) is 170 Å². The van der Waals surface area contributed by atoms with E-state index in [-0.39, 0.29) is 88.6 Å². The van der Waals surface area contributed by atoms with Crippen LogP contribution < -0.4 is 28.7 Å². The van der Waals surface area contributed by atoms with Crippen molar-refractivity contribution in [2.45, 2.75) is 200 Å². The molecule has 2 heterocycles. The van der Waals surface area contributed by atoms with Crippen molar-refractivity contribution < 1.29 is 38.1 Å². The molecule has 104 heavy (non-hydrogen) atoms. The number of amides is 4. The van der Waals surface area contributed by atoms with Crippen LogP contribution >= 0.6 is 0 Å². The number of nitrogens with zero attached hydrogens (tertiary/aromatic N) is 2. The highest BCUT2D eigenvalue weighted by Gasteiger charge is 2.43. The van der Waals surface area contributed by atoms with Gasteiger partial charge in [0.1, 0.15) is 46.0 Å². The van der Waals surface area contributed by atoms with Gasteiger partial charge in [-0.15, -0.1) is 0 Å². The van der Waals surface area contributed by atoms with E-state index in [0.717, 1.165) is 59.1 Å². The summed E-state index contributed by atoms with van der Waals surface area (Å²) in [5, 5.41) is 3.37. The summed E-state index contributed by atoms with van der Waals surface area (Å²) in [4.78, 5) is 67.1. The Hall–Kier alpha value is -9.80. The molecule has 0 N–H and O–H groups in total. The van der Waals surface area contributed by atoms with E-state index in [2.05, 4.69) is 187 Å². The van der Waals surface area contributed by atoms with E-state index in [4.69, 9.17) is 18.9 Å². The molecule has 10 nitrogen and oxygen atoms in total. The summed E-state index contributed by atoms with van der Waals surface area (Å²) in [5.41, 5.74) is 7.32. The first-order chi connectivity index (χ1) is 48.4. The number of carbonyl (C=O) groups is 4. The van der Waals surface area contributed by atoms with E-state index in [1.165, 1.54) is 9.80 Å². The molecule has 0 fully saturated rings. The van der Waals surface area contributed by atoms with Gasteiger partial charge in [-0.05, 0) is 202 Å². The second-order valence-electron chi connectivity index (χ2n) is 37.2. The first-order valence-corrected chi connectivity index (χ1v) is 36.9. The van der Waals surface area contributed by atoms with Crippen molar-refractivity contribution in [3.05, 3.63) is 225 Å². The molecule has 2 aliphatic heterocycles. The molecule has 0 aromatic heterocycles. The third-order valence-electron chi connectivity index (χ3n) is 20.8. The van der Waals surface area contributed by atoms with E-state index in [9.17, 15) is 0 Å². The van der Waals surface area contributed by atoms with Gasteiger partial charge in [-0.3, -0.25) is 19.2 Å². The fourth-order valence-electron chi connectivity index (χ4n) is 17.8. The minimum absolute atomic E-state index is 0.0365. The van der Waals surface area contributed by atoms with Crippen molar-refractivity contribution in [2.75, 3.05) is 9.80 Å². The summed E-state index contributed by atoms with van der Waals surface area (Å²) in [7, 11) is 0. The number of benzene rings is 11. The molecule has 0 spiro atoms. The van der Waals surface area contributed by atoms with Gasteiger partial charge in [0.05, 0.1) is 33.6 Å². The van der Waals surface area contributed by atoms with Crippen LogP contribution in [-0.4, -0.2) is 23.6 Å². The van der Waals surface area contributed by atoms with Gasteiger partial charge >= 0.3 is 0 Å². The molecule has 2 aliphatic rings. The van der Waals surface area contributed by atoms with Crippen molar-refractivity contribution >= 4 is 78.1 Å². The van der Waals surface area contributed by atoms with E-state index in [0.29, 0.717) is 77.5 Å². The van der Waals surface area contributed by atoms with Gasteiger partial charge < -0.3 is 18.9 Å². The molecule has 0 aliphatic carbocycles. The molecular weight excluding hydrogens is 1290 g/mol. The summed E-state index contributed by atoms with van der Waals surface area (Å²) in [6.45, 7) is 49.0. The van der Waals surface area contributed by atoms with Crippen LogP contribution in [0.1, 0.15) is 239 Å².